The van der Waals surface area contributed by atoms with Gasteiger partial charge in [-0.05, 0) is 50.5 Å². The number of fused-ring (bicyclic) bond motifs is 4. The van der Waals surface area contributed by atoms with Gasteiger partial charge in [-0.1, -0.05) is 18.2 Å². The molecule has 0 radical (unpaired) electrons. The number of amides is 1. The zero-order valence-corrected chi connectivity index (χ0v) is 18.2. The Labute approximate surface area is 178 Å². The van der Waals surface area contributed by atoms with Crippen LogP contribution in [0.5, 0.6) is 5.75 Å². The molecule has 0 aromatic heterocycles. The summed E-state index contributed by atoms with van der Waals surface area (Å²) in [4.78, 5) is 14.9. The van der Waals surface area contributed by atoms with Crippen LogP contribution in [0, 0.1) is 5.92 Å². The number of piperidine rings is 1. The monoisotopic (exact) mass is 434 g/mol. The zero-order chi connectivity index (χ0) is 20.9. The lowest BCUT2D eigenvalue weighted by atomic mass is 9.81. The predicted octanol–water partition coefficient (Wildman–Crippen LogP) is 1.81. The van der Waals surface area contributed by atoms with Crippen LogP contribution in [0.3, 0.4) is 0 Å². The molecule has 2 aliphatic carbocycles. The first-order valence-corrected chi connectivity index (χ1v) is 12.9. The number of nitrogens with zero attached hydrogens (tertiary/aromatic N) is 1. The molecule has 3 fully saturated rings. The summed E-state index contributed by atoms with van der Waals surface area (Å²) in [5, 5.41) is 0. The van der Waals surface area contributed by atoms with Crippen molar-refractivity contribution >= 4 is 15.9 Å². The number of ether oxygens (including phenoxy) is 2. The Hall–Kier alpha value is -1.64. The van der Waals surface area contributed by atoms with Crippen LogP contribution in [-0.4, -0.2) is 63.4 Å². The summed E-state index contributed by atoms with van der Waals surface area (Å²) in [6.07, 6.45) is 6.99. The first kappa shape index (κ1) is 20.3. The van der Waals surface area contributed by atoms with Crippen molar-refractivity contribution in [1.82, 2.24) is 9.62 Å². The molecule has 30 heavy (non-hydrogen) atoms. The Bertz CT molecular complexity index is 935. The Balaban J connectivity index is 1.45. The van der Waals surface area contributed by atoms with Crippen molar-refractivity contribution in [1.29, 1.82) is 0 Å². The second-order valence-corrected chi connectivity index (χ2v) is 11.1. The van der Waals surface area contributed by atoms with E-state index in [1.54, 1.807) is 4.90 Å². The molecule has 1 spiro atoms. The van der Waals surface area contributed by atoms with Crippen LogP contribution in [-0.2, 0) is 25.0 Å². The highest BCUT2D eigenvalue weighted by molar-refractivity contribution is 7.88. The number of carbonyl (C=O) groups excluding carboxylic acids is 1. The molecule has 1 aromatic rings. The summed E-state index contributed by atoms with van der Waals surface area (Å²) < 4.78 is 38.9. The van der Waals surface area contributed by atoms with Crippen LogP contribution in [0.1, 0.15) is 44.1 Å². The van der Waals surface area contributed by atoms with Crippen molar-refractivity contribution in [3.05, 3.63) is 29.8 Å². The van der Waals surface area contributed by atoms with E-state index < -0.39 is 10.0 Å². The van der Waals surface area contributed by atoms with Crippen molar-refractivity contribution in [2.24, 2.45) is 5.92 Å². The predicted molar refractivity (Wildman–Crippen MR) is 112 cm³/mol. The van der Waals surface area contributed by atoms with Gasteiger partial charge in [-0.2, -0.15) is 0 Å². The third-order valence-corrected chi connectivity index (χ3v) is 8.16. The third-order valence-electron chi connectivity index (χ3n) is 7.43. The van der Waals surface area contributed by atoms with Crippen molar-refractivity contribution in [2.45, 2.75) is 62.1 Å². The van der Waals surface area contributed by atoms with E-state index in [-0.39, 0.29) is 36.1 Å². The molecule has 1 amide bonds. The molecule has 5 aliphatic rings. The molecular formula is C22H30N2O5S. The van der Waals surface area contributed by atoms with Gasteiger partial charge in [-0.15, -0.1) is 0 Å². The lowest BCUT2D eigenvalue weighted by molar-refractivity contribution is -0.140. The topological polar surface area (TPSA) is 84.9 Å². The summed E-state index contributed by atoms with van der Waals surface area (Å²) in [6, 6.07) is 7.48. The highest BCUT2D eigenvalue weighted by atomic mass is 32.2. The van der Waals surface area contributed by atoms with E-state index in [0.29, 0.717) is 25.5 Å². The molecule has 5 atom stereocenters. The van der Waals surface area contributed by atoms with Crippen molar-refractivity contribution in [3.8, 4) is 5.75 Å². The maximum atomic E-state index is 13.1. The van der Waals surface area contributed by atoms with Gasteiger partial charge >= 0.3 is 0 Å². The van der Waals surface area contributed by atoms with Gasteiger partial charge in [0.15, 0.2) is 6.61 Å². The highest BCUT2D eigenvalue weighted by Crippen LogP contribution is 2.64. The number of benzene rings is 1. The Morgan fingerprint density at radius 2 is 2.07 bits per heavy atom. The fourth-order valence-electron chi connectivity index (χ4n) is 5.91. The molecule has 1 aromatic carbocycles. The minimum Gasteiger partial charge on any atom is -0.483 e. The molecule has 8 heteroatoms. The molecule has 2 saturated carbocycles. The fourth-order valence-corrected chi connectivity index (χ4v) is 6.74. The number of para-hydroxylation sites is 1. The average Bonchev–Trinajstić information content (AvgIpc) is 3.44. The lowest BCUT2D eigenvalue weighted by Crippen LogP contribution is -2.59. The minimum atomic E-state index is -3.38. The summed E-state index contributed by atoms with van der Waals surface area (Å²) in [6.45, 7) is 0.913. The molecule has 7 nitrogen and oxygen atoms in total. The maximum absolute atomic E-state index is 13.1. The average molecular weight is 435 g/mol. The number of sulfonamides is 1. The molecule has 6 rings (SSSR count). The number of hydrogen-bond donors (Lipinski definition) is 1. The van der Waals surface area contributed by atoms with Gasteiger partial charge in [-0.25, -0.2) is 13.1 Å². The summed E-state index contributed by atoms with van der Waals surface area (Å²) >= 11 is 0. The van der Waals surface area contributed by atoms with E-state index in [4.69, 9.17) is 9.47 Å². The van der Waals surface area contributed by atoms with Crippen LogP contribution in [0.2, 0.25) is 0 Å². The molecule has 1 saturated heterocycles. The fraction of sp³-hybridized carbons (Fsp3) is 0.682. The smallest absolute Gasteiger partial charge is 0.260 e. The molecule has 3 heterocycles. The van der Waals surface area contributed by atoms with E-state index in [1.807, 2.05) is 12.1 Å². The van der Waals surface area contributed by atoms with Crippen LogP contribution in [0.15, 0.2) is 24.3 Å². The Kier molecular flexibility index (Phi) is 5.07. The number of nitrogens with one attached hydrogen (secondary N) is 1. The minimum absolute atomic E-state index is 0.0384. The molecule has 164 valence electrons. The number of rotatable bonds is 2. The van der Waals surface area contributed by atoms with Gasteiger partial charge in [0.2, 0.25) is 10.0 Å². The van der Waals surface area contributed by atoms with Gasteiger partial charge in [0, 0.05) is 23.6 Å². The van der Waals surface area contributed by atoms with Gasteiger partial charge in [0.1, 0.15) is 5.75 Å². The Morgan fingerprint density at radius 1 is 1.23 bits per heavy atom. The lowest BCUT2D eigenvalue weighted by Gasteiger charge is -2.41. The summed E-state index contributed by atoms with van der Waals surface area (Å²) in [5.41, 5.74) is 1.40. The number of hydrogen-bond acceptors (Lipinski definition) is 5. The van der Waals surface area contributed by atoms with Crippen molar-refractivity contribution < 1.29 is 22.7 Å². The van der Waals surface area contributed by atoms with Crippen LogP contribution in [0.25, 0.3) is 0 Å². The van der Waals surface area contributed by atoms with Crippen molar-refractivity contribution in [3.63, 3.8) is 0 Å². The van der Waals surface area contributed by atoms with Gasteiger partial charge in [0.05, 0.1) is 25.0 Å². The van der Waals surface area contributed by atoms with E-state index in [2.05, 4.69) is 16.9 Å². The summed E-state index contributed by atoms with van der Waals surface area (Å²) in [7, 11) is -3.38. The van der Waals surface area contributed by atoms with Gasteiger partial charge < -0.3 is 14.4 Å². The first-order valence-electron chi connectivity index (χ1n) is 11.0. The van der Waals surface area contributed by atoms with Crippen LogP contribution < -0.4 is 9.46 Å². The third kappa shape index (κ3) is 3.74. The normalized spacial score (nSPS) is 36.3. The second kappa shape index (κ2) is 7.50. The number of carbonyl (C=O) groups is 1. The highest BCUT2D eigenvalue weighted by Gasteiger charge is 2.59. The van der Waals surface area contributed by atoms with Gasteiger partial charge in [0.25, 0.3) is 5.91 Å². The largest absolute Gasteiger partial charge is 0.483 e. The zero-order valence-electron chi connectivity index (χ0n) is 17.4. The SMILES string of the molecule is CS(=O)(=O)N[C@H]1CCCN2C(=O)COc3ccccc3[C@@]34CC[C@H](CC3C4)OCC12. The van der Waals surface area contributed by atoms with Crippen LogP contribution >= 0.6 is 0 Å². The van der Waals surface area contributed by atoms with Gasteiger partial charge in [-0.3, -0.25) is 4.79 Å². The molecule has 3 aliphatic heterocycles. The molecular weight excluding hydrogens is 404 g/mol. The van der Waals surface area contributed by atoms with E-state index in [1.165, 1.54) is 11.8 Å². The quantitative estimate of drug-likeness (QED) is 0.768. The second-order valence-electron chi connectivity index (χ2n) is 9.36. The van der Waals surface area contributed by atoms with E-state index in [0.717, 1.165) is 37.9 Å². The van der Waals surface area contributed by atoms with E-state index in [9.17, 15) is 13.2 Å². The van der Waals surface area contributed by atoms with Crippen LogP contribution in [0.4, 0.5) is 0 Å². The molecule has 1 N–H and O–H groups in total. The molecule has 2 bridgehead atoms. The summed E-state index contributed by atoms with van der Waals surface area (Å²) in [5.74, 6) is 1.28. The maximum Gasteiger partial charge on any atom is 0.260 e. The van der Waals surface area contributed by atoms with Crippen molar-refractivity contribution in [2.75, 3.05) is 26.0 Å². The Morgan fingerprint density at radius 3 is 2.87 bits per heavy atom. The first-order chi connectivity index (χ1) is 14.4. The van der Waals surface area contributed by atoms with E-state index >= 15 is 0 Å². The molecule has 2 unspecified atom stereocenters. The standard InChI is InChI=1S/C22H30N2O5S/c1-30(26,27)23-18-6-4-10-24-19(18)13-28-16-8-9-22(12-15(22)11-16)17-5-2-3-7-20(17)29-14-21(24)25/h2-3,5,7,15-16,18-19,23H,4,6,8-14H2,1H3/t15?,16-,18+,19?,22-/m1/s1.